The summed E-state index contributed by atoms with van der Waals surface area (Å²) in [5, 5.41) is 0. The van der Waals surface area contributed by atoms with Crippen molar-refractivity contribution >= 4 is 49.1 Å². The zero-order valence-electron chi connectivity index (χ0n) is 16.5. The molecule has 10 heteroatoms. The van der Waals surface area contributed by atoms with Gasteiger partial charge in [0.25, 0.3) is 5.91 Å². The molecule has 0 bridgehead atoms. The molecule has 0 saturated heterocycles. The van der Waals surface area contributed by atoms with E-state index in [2.05, 4.69) is 4.99 Å². The molecule has 1 amide bonds. The van der Waals surface area contributed by atoms with Crippen LogP contribution in [-0.2, 0) is 27.6 Å². The average molecular weight is 465 g/mol. The van der Waals surface area contributed by atoms with Gasteiger partial charge in [0, 0.05) is 18.6 Å². The summed E-state index contributed by atoms with van der Waals surface area (Å²) in [6.07, 6.45) is 3.34. The lowest BCUT2D eigenvalue weighted by molar-refractivity contribution is -0.117. The summed E-state index contributed by atoms with van der Waals surface area (Å²) in [5.41, 5.74) is 1.67. The topological polar surface area (TPSA) is 87.0 Å². The van der Waals surface area contributed by atoms with Crippen LogP contribution in [0.3, 0.4) is 0 Å². The molecule has 0 atom stereocenters. The molecule has 0 fully saturated rings. The first-order valence-electron chi connectivity index (χ1n) is 9.13. The smallest absolute Gasteiger partial charge is 0.252 e. The Morgan fingerprint density at radius 2 is 2.00 bits per heavy atom. The fraction of sp³-hybridized carbons (Fsp3) is 0.300. The Morgan fingerprint density at radius 1 is 1.20 bits per heavy atom. The molecule has 0 saturated carbocycles. The number of rotatable bonds is 6. The molecule has 0 spiro atoms. The molecule has 30 heavy (non-hydrogen) atoms. The van der Waals surface area contributed by atoms with Crippen LogP contribution in [0.2, 0.25) is 0 Å². The molecule has 1 aliphatic rings. The largest absolute Gasteiger partial charge is 0.454 e. The van der Waals surface area contributed by atoms with Crippen molar-refractivity contribution < 1.29 is 22.7 Å². The minimum atomic E-state index is -3.31. The van der Waals surface area contributed by atoms with Gasteiger partial charge < -0.3 is 14.0 Å². The minimum Gasteiger partial charge on any atom is -0.454 e. The lowest BCUT2D eigenvalue weighted by Crippen LogP contribution is -2.18. The van der Waals surface area contributed by atoms with Gasteiger partial charge in [-0.1, -0.05) is 17.4 Å². The molecule has 3 aromatic rings. The summed E-state index contributed by atoms with van der Waals surface area (Å²) in [6.45, 7) is 0.860. The van der Waals surface area contributed by atoms with Gasteiger partial charge in [0.1, 0.15) is 0 Å². The molecule has 1 aliphatic heterocycles. The van der Waals surface area contributed by atoms with Crippen LogP contribution < -0.4 is 14.3 Å². The number of thioether (sulfide) groups is 1. The van der Waals surface area contributed by atoms with Crippen molar-refractivity contribution in [2.75, 3.05) is 25.1 Å². The van der Waals surface area contributed by atoms with Crippen LogP contribution in [0.1, 0.15) is 5.56 Å². The Balaban J connectivity index is 1.70. The van der Waals surface area contributed by atoms with E-state index in [1.807, 2.05) is 16.9 Å². The van der Waals surface area contributed by atoms with Gasteiger partial charge in [0.05, 0.1) is 21.5 Å². The highest BCUT2D eigenvalue weighted by Crippen LogP contribution is 2.32. The van der Waals surface area contributed by atoms with Crippen LogP contribution in [0.15, 0.2) is 46.3 Å². The molecule has 4 rings (SSSR count). The van der Waals surface area contributed by atoms with Crippen LogP contribution in [0.5, 0.6) is 11.5 Å². The molecule has 0 unspecified atom stereocenters. The maximum absolute atomic E-state index is 12.7. The van der Waals surface area contributed by atoms with Gasteiger partial charge in [-0.05, 0) is 42.2 Å². The highest BCUT2D eigenvalue weighted by Gasteiger charge is 2.15. The average Bonchev–Trinajstić information content (AvgIpc) is 3.28. The van der Waals surface area contributed by atoms with Crippen molar-refractivity contribution in [2.24, 2.45) is 4.99 Å². The van der Waals surface area contributed by atoms with Gasteiger partial charge in [-0.2, -0.15) is 16.8 Å². The molecule has 0 N–H and O–H groups in total. The normalized spacial score (nSPS) is 13.9. The molecular weight excluding hydrogens is 444 g/mol. The van der Waals surface area contributed by atoms with Crippen molar-refractivity contribution in [3.8, 4) is 11.5 Å². The first-order valence-corrected chi connectivity index (χ1v) is 13.2. The van der Waals surface area contributed by atoms with Gasteiger partial charge in [-0.3, -0.25) is 4.79 Å². The second-order valence-corrected chi connectivity index (χ2v) is 10.8. The van der Waals surface area contributed by atoms with Crippen molar-refractivity contribution in [2.45, 2.75) is 17.9 Å². The number of nitrogens with zero attached hydrogens (tertiary/aromatic N) is 2. The number of aromatic nitrogens is 1. The maximum atomic E-state index is 12.7. The zero-order chi connectivity index (χ0) is 21.3. The number of hydrogen-bond acceptors (Lipinski definition) is 7. The van der Waals surface area contributed by atoms with E-state index in [0.717, 1.165) is 21.5 Å². The molecule has 7 nitrogen and oxygen atoms in total. The molecule has 158 valence electrons. The maximum Gasteiger partial charge on any atom is 0.252 e. The SMILES string of the molecule is CSCCn1c(=NC(=O)Cc2ccc3c(c2)OCO3)sc2cc(S(C)(=O)=O)ccc21. The molecule has 0 aliphatic carbocycles. The summed E-state index contributed by atoms with van der Waals surface area (Å²) >= 11 is 3.01. The Morgan fingerprint density at radius 3 is 2.77 bits per heavy atom. The quantitative estimate of drug-likeness (QED) is 0.558. The monoisotopic (exact) mass is 464 g/mol. The number of amides is 1. The van der Waals surface area contributed by atoms with Crippen LogP contribution >= 0.6 is 23.1 Å². The van der Waals surface area contributed by atoms with Crippen molar-refractivity contribution in [1.82, 2.24) is 4.57 Å². The Hall–Kier alpha value is -2.30. The second kappa shape index (κ2) is 8.44. The van der Waals surface area contributed by atoms with Gasteiger partial charge in [0.2, 0.25) is 6.79 Å². The summed E-state index contributed by atoms with van der Waals surface area (Å²) in [5.74, 6) is 1.87. The zero-order valence-corrected chi connectivity index (χ0v) is 18.9. The first-order chi connectivity index (χ1) is 14.3. The van der Waals surface area contributed by atoms with Gasteiger partial charge in [-0.15, -0.1) is 0 Å². The molecule has 1 aromatic heterocycles. The number of benzene rings is 2. The predicted molar refractivity (Wildman–Crippen MR) is 118 cm³/mol. The third-order valence-electron chi connectivity index (χ3n) is 4.61. The summed E-state index contributed by atoms with van der Waals surface area (Å²) < 4.78 is 37.2. The van der Waals surface area contributed by atoms with E-state index < -0.39 is 9.84 Å². The van der Waals surface area contributed by atoms with E-state index >= 15 is 0 Å². The van der Waals surface area contributed by atoms with E-state index in [4.69, 9.17) is 9.47 Å². The van der Waals surface area contributed by atoms with E-state index in [0.29, 0.717) is 22.8 Å². The van der Waals surface area contributed by atoms with Gasteiger partial charge in [-0.25, -0.2) is 8.42 Å². The summed E-state index contributed by atoms with van der Waals surface area (Å²) in [4.78, 5) is 17.8. The Kier molecular flexibility index (Phi) is 5.90. The van der Waals surface area contributed by atoms with Crippen LogP contribution in [0.4, 0.5) is 0 Å². The third kappa shape index (κ3) is 4.40. The molecule has 0 radical (unpaired) electrons. The van der Waals surface area contributed by atoms with Crippen molar-refractivity contribution in [3.05, 3.63) is 46.8 Å². The number of carbonyl (C=O) groups excluding carboxylic acids is 1. The summed E-state index contributed by atoms with van der Waals surface area (Å²) in [6, 6.07) is 10.4. The number of ether oxygens (including phenoxy) is 2. The minimum absolute atomic E-state index is 0.141. The Labute approximate surface area is 182 Å². The van der Waals surface area contributed by atoms with Crippen LogP contribution in [0.25, 0.3) is 10.2 Å². The number of hydrogen-bond donors (Lipinski definition) is 0. The predicted octanol–water partition coefficient (Wildman–Crippen LogP) is 2.87. The van der Waals surface area contributed by atoms with Crippen LogP contribution in [-0.4, -0.2) is 43.9 Å². The molecular formula is C20H20N2O5S3. The van der Waals surface area contributed by atoms with Gasteiger partial charge in [0.15, 0.2) is 26.1 Å². The van der Waals surface area contributed by atoms with Crippen molar-refractivity contribution in [1.29, 1.82) is 0 Å². The number of fused-ring (bicyclic) bond motifs is 2. The van der Waals surface area contributed by atoms with E-state index in [1.165, 1.54) is 17.6 Å². The molecule has 2 aromatic carbocycles. The fourth-order valence-corrected chi connectivity index (χ4v) is 5.34. The highest BCUT2D eigenvalue weighted by molar-refractivity contribution is 7.98. The lowest BCUT2D eigenvalue weighted by atomic mass is 10.1. The fourth-order valence-electron chi connectivity index (χ4n) is 3.14. The summed E-state index contributed by atoms with van der Waals surface area (Å²) in [7, 11) is -3.31. The number of sulfone groups is 1. The third-order valence-corrected chi connectivity index (χ3v) is 7.36. The van der Waals surface area contributed by atoms with Crippen molar-refractivity contribution in [3.63, 3.8) is 0 Å². The highest BCUT2D eigenvalue weighted by atomic mass is 32.2. The number of aryl methyl sites for hydroxylation is 1. The number of carbonyl (C=O) groups is 1. The van der Waals surface area contributed by atoms with Crippen LogP contribution in [0, 0.1) is 0 Å². The molecule has 2 heterocycles. The van der Waals surface area contributed by atoms with E-state index in [-0.39, 0.29) is 24.0 Å². The second-order valence-electron chi connectivity index (χ2n) is 6.80. The standard InChI is InChI=1S/C20H20N2O5S3/c1-28-8-7-22-15-5-4-14(30(2,24)25)11-18(15)29-20(22)21-19(23)10-13-3-6-16-17(9-13)27-12-26-16/h3-6,9,11H,7-8,10,12H2,1-2H3. The number of thiazole rings is 1. The van der Waals surface area contributed by atoms with E-state index in [1.54, 1.807) is 42.1 Å². The lowest BCUT2D eigenvalue weighted by Gasteiger charge is -2.05. The van der Waals surface area contributed by atoms with Gasteiger partial charge >= 0.3 is 0 Å². The van der Waals surface area contributed by atoms with E-state index in [9.17, 15) is 13.2 Å². The Bertz CT molecular complexity index is 1290. The first kappa shape index (κ1) is 21.0.